The van der Waals surface area contributed by atoms with Crippen molar-refractivity contribution in [1.82, 2.24) is 0 Å². The lowest BCUT2D eigenvalue weighted by molar-refractivity contribution is 0.0852. The van der Waals surface area contributed by atoms with Crippen molar-refractivity contribution in [3.8, 4) is 0 Å². The first-order chi connectivity index (χ1) is 6.81. The van der Waals surface area contributed by atoms with Crippen molar-refractivity contribution in [1.29, 1.82) is 0 Å². The topological polar surface area (TPSA) is 26.3 Å². The van der Waals surface area contributed by atoms with Crippen molar-refractivity contribution in [2.24, 2.45) is 0 Å². The summed E-state index contributed by atoms with van der Waals surface area (Å²) in [6.45, 7) is 0.208. The zero-order chi connectivity index (χ0) is 9.97. The van der Waals surface area contributed by atoms with Gasteiger partial charge >= 0.3 is 0 Å². The molecule has 14 heavy (non-hydrogen) atoms. The monoisotopic (exact) mass is 210 g/mol. The van der Waals surface area contributed by atoms with Gasteiger partial charge < -0.3 is 4.74 Å². The van der Waals surface area contributed by atoms with Crippen LogP contribution < -0.4 is 0 Å². The molecule has 1 heterocycles. The van der Waals surface area contributed by atoms with Crippen molar-refractivity contribution in [2.75, 3.05) is 13.7 Å². The van der Waals surface area contributed by atoms with Gasteiger partial charge in [-0.2, -0.15) is 0 Å². The van der Waals surface area contributed by atoms with Crippen LogP contribution in [0.5, 0.6) is 0 Å². The van der Waals surface area contributed by atoms with Crippen molar-refractivity contribution >= 4 is 17.1 Å². The van der Waals surface area contributed by atoms with Crippen LogP contribution >= 0.6 is 11.3 Å². The van der Waals surface area contributed by atoms with E-state index in [1.54, 1.807) is 18.4 Å². The predicted octanol–water partition coefficient (Wildman–Crippen LogP) is 2.46. The van der Waals surface area contributed by atoms with E-state index in [0.29, 0.717) is 0 Å². The molecule has 1 aromatic heterocycles. The van der Waals surface area contributed by atoms with Crippen molar-refractivity contribution in [2.45, 2.75) is 25.7 Å². The number of ketones is 1. The number of carbonyl (C=O) groups is 1. The predicted molar refractivity (Wildman–Crippen MR) is 57.2 cm³/mol. The number of thiophene rings is 1. The van der Waals surface area contributed by atoms with Crippen LogP contribution in [-0.4, -0.2) is 19.5 Å². The van der Waals surface area contributed by atoms with Gasteiger partial charge in [-0.3, -0.25) is 4.79 Å². The van der Waals surface area contributed by atoms with Crippen LogP contribution in [0.3, 0.4) is 0 Å². The fourth-order valence-electron chi connectivity index (χ4n) is 1.83. The summed E-state index contributed by atoms with van der Waals surface area (Å²) in [5.74, 6) is 0.117. The molecular weight excluding hydrogens is 196 g/mol. The maximum Gasteiger partial charge on any atom is 0.198 e. The van der Waals surface area contributed by atoms with E-state index in [1.165, 1.54) is 23.3 Å². The fourth-order valence-corrected chi connectivity index (χ4v) is 3.01. The number of Topliss-reactive ketones (excluding diaryl/α,β-unsaturated/α-hetero) is 1. The number of aryl methyl sites for hydroxylation is 2. The summed E-state index contributed by atoms with van der Waals surface area (Å²) >= 11 is 1.65. The lowest BCUT2D eigenvalue weighted by Gasteiger charge is -2.08. The molecule has 0 bridgehead atoms. The lowest BCUT2D eigenvalue weighted by Crippen LogP contribution is -2.04. The highest BCUT2D eigenvalue weighted by atomic mass is 32.1. The average molecular weight is 210 g/mol. The Morgan fingerprint density at radius 3 is 3.00 bits per heavy atom. The maximum atomic E-state index is 11.5. The van der Waals surface area contributed by atoms with Crippen LogP contribution in [-0.2, 0) is 17.6 Å². The van der Waals surface area contributed by atoms with Crippen molar-refractivity contribution in [3.05, 3.63) is 21.4 Å². The van der Waals surface area contributed by atoms with E-state index in [4.69, 9.17) is 4.74 Å². The molecule has 0 aliphatic heterocycles. The maximum absolute atomic E-state index is 11.5. The summed E-state index contributed by atoms with van der Waals surface area (Å²) in [6.07, 6.45) is 4.83. The highest BCUT2D eigenvalue weighted by Gasteiger charge is 2.16. The molecule has 0 fully saturated rings. The van der Waals surface area contributed by atoms with Crippen LogP contribution in [0.1, 0.15) is 33.0 Å². The summed E-state index contributed by atoms with van der Waals surface area (Å²) in [5, 5.41) is 0. The molecule has 1 aliphatic rings. The first-order valence-electron chi connectivity index (χ1n) is 4.95. The Balaban J connectivity index is 2.19. The second kappa shape index (κ2) is 4.24. The zero-order valence-electron chi connectivity index (χ0n) is 8.34. The number of ether oxygens (including phenoxy) is 1. The molecule has 0 saturated carbocycles. The second-order valence-electron chi connectivity index (χ2n) is 3.62. The largest absolute Gasteiger partial charge is 0.376 e. The first kappa shape index (κ1) is 9.87. The third kappa shape index (κ3) is 1.88. The standard InChI is InChI=1S/C11H14O2S/c1-13-7-9(12)11-6-8-4-2-3-5-10(8)14-11/h6H,2-5,7H2,1H3. The van der Waals surface area contributed by atoms with Crippen LogP contribution in [0, 0.1) is 0 Å². The molecule has 0 N–H and O–H groups in total. The van der Waals surface area contributed by atoms with Gasteiger partial charge in [0.15, 0.2) is 5.78 Å². The van der Waals surface area contributed by atoms with Crippen LogP contribution in [0.15, 0.2) is 6.07 Å². The molecule has 2 rings (SSSR count). The highest BCUT2D eigenvalue weighted by Crippen LogP contribution is 2.29. The van der Waals surface area contributed by atoms with Gasteiger partial charge in [-0.1, -0.05) is 0 Å². The Kier molecular flexibility index (Phi) is 2.99. The smallest absolute Gasteiger partial charge is 0.198 e. The second-order valence-corrected chi connectivity index (χ2v) is 4.76. The molecule has 3 heteroatoms. The molecule has 0 radical (unpaired) electrons. The van der Waals surface area contributed by atoms with Gasteiger partial charge in [0.1, 0.15) is 6.61 Å². The number of hydrogen-bond donors (Lipinski definition) is 0. The SMILES string of the molecule is COCC(=O)c1cc2c(s1)CCCC2. The summed E-state index contributed by atoms with van der Waals surface area (Å²) in [5.41, 5.74) is 1.39. The van der Waals surface area contributed by atoms with E-state index in [-0.39, 0.29) is 12.4 Å². The van der Waals surface area contributed by atoms with E-state index in [2.05, 4.69) is 6.07 Å². The molecule has 0 saturated heterocycles. The number of hydrogen-bond acceptors (Lipinski definition) is 3. The number of rotatable bonds is 3. The molecule has 0 atom stereocenters. The Morgan fingerprint density at radius 1 is 1.50 bits per heavy atom. The summed E-state index contributed by atoms with van der Waals surface area (Å²) in [7, 11) is 1.56. The van der Waals surface area contributed by atoms with Crippen LogP contribution in [0.2, 0.25) is 0 Å². The summed E-state index contributed by atoms with van der Waals surface area (Å²) in [6, 6.07) is 2.06. The third-order valence-corrected chi connectivity index (χ3v) is 3.82. The molecule has 0 aromatic carbocycles. The summed E-state index contributed by atoms with van der Waals surface area (Å²) < 4.78 is 4.85. The number of carbonyl (C=O) groups excluding carboxylic acids is 1. The molecule has 76 valence electrons. The summed E-state index contributed by atoms with van der Waals surface area (Å²) in [4.78, 5) is 13.8. The fraction of sp³-hybridized carbons (Fsp3) is 0.545. The minimum atomic E-state index is 0.117. The molecule has 0 unspecified atom stereocenters. The van der Waals surface area contributed by atoms with Gasteiger partial charge in [-0.05, 0) is 37.3 Å². The van der Waals surface area contributed by atoms with E-state index >= 15 is 0 Å². The molecule has 1 aromatic rings. The Morgan fingerprint density at radius 2 is 2.29 bits per heavy atom. The lowest BCUT2D eigenvalue weighted by atomic mass is 9.99. The minimum absolute atomic E-state index is 0.117. The van der Waals surface area contributed by atoms with Gasteiger partial charge in [0, 0.05) is 12.0 Å². The number of methoxy groups -OCH3 is 1. The molecule has 1 aliphatic carbocycles. The van der Waals surface area contributed by atoms with E-state index in [1.807, 2.05) is 0 Å². The van der Waals surface area contributed by atoms with Crippen molar-refractivity contribution in [3.63, 3.8) is 0 Å². The van der Waals surface area contributed by atoms with E-state index in [0.717, 1.165) is 17.7 Å². The molecule has 2 nitrogen and oxygen atoms in total. The van der Waals surface area contributed by atoms with Crippen molar-refractivity contribution < 1.29 is 9.53 Å². The Hall–Kier alpha value is -0.670. The zero-order valence-corrected chi connectivity index (χ0v) is 9.15. The molecule has 0 amide bonds. The van der Waals surface area contributed by atoms with Gasteiger partial charge in [0.25, 0.3) is 0 Å². The number of fused-ring (bicyclic) bond motifs is 1. The van der Waals surface area contributed by atoms with Gasteiger partial charge in [0.05, 0.1) is 4.88 Å². The normalized spacial score (nSPS) is 15.2. The Labute approximate surface area is 87.9 Å². The molecule has 0 spiro atoms. The van der Waals surface area contributed by atoms with E-state index in [9.17, 15) is 4.79 Å². The van der Waals surface area contributed by atoms with Gasteiger partial charge in [-0.15, -0.1) is 11.3 Å². The first-order valence-corrected chi connectivity index (χ1v) is 5.76. The highest BCUT2D eigenvalue weighted by molar-refractivity contribution is 7.14. The van der Waals surface area contributed by atoms with Crippen LogP contribution in [0.4, 0.5) is 0 Å². The third-order valence-electron chi connectivity index (χ3n) is 2.55. The Bertz CT molecular complexity index is 318. The minimum Gasteiger partial charge on any atom is -0.376 e. The van der Waals surface area contributed by atoms with Gasteiger partial charge in [0.2, 0.25) is 0 Å². The average Bonchev–Trinajstić information content (AvgIpc) is 2.61. The van der Waals surface area contributed by atoms with E-state index < -0.39 is 0 Å². The molecular formula is C11H14O2S. The van der Waals surface area contributed by atoms with Gasteiger partial charge in [-0.25, -0.2) is 0 Å². The van der Waals surface area contributed by atoms with Crippen LogP contribution in [0.25, 0.3) is 0 Å². The quantitative estimate of drug-likeness (QED) is 0.716.